The molecule has 0 fully saturated rings. The van der Waals surface area contributed by atoms with Gasteiger partial charge in [-0.05, 0) is 35.4 Å². The summed E-state index contributed by atoms with van der Waals surface area (Å²) < 4.78 is 0. The van der Waals surface area contributed by atoms with Crippen LogP contribution in [0.25, 0.3) is 0 Å². The molecule has 0 spiro atoms. The standard InChI is InChI=1S/C15H13NO2/c16-10-12-1-5-13(6-2-12)15(18)9-11-3-7-14(17)8-4-11/h1-8,15,17-18H,9H2. The van der Waals surface area contributed by atoms with E-state index in [2.05, 4.69) is 0 Å². The van der Waals surface area contributed by atoms with Crippen LogP contribution in [0, 0.1) is 11.3 Å². The first-order valence-electron chi connectivity index (χ1n) is 5.65. The molecule has 0 saturated carbocycles. The van der Waals surface area contributed by atoms with Crippen LogP contribution in [0.3, 0.4) is 0 Å². The molecule has 0 heterocycles. The summed E-state index contributed by atoms with van der Waals surface area (Å²) in [4.78, 5) is 0. The number of phenolic OH excluding ortho intramolecular Hbond substituents is 1. The Bertz CT molecular complexity index is 553. The third kappa shape index (κ3) is 2.88. The number of rotatable bonds is 3. The van der Waals surface area contributed by atoms with Crippen LogP contribution in [0.5, 0.6) is 5.75 Å². The van der Waals surface area contributed by atoms with Crippen LogP contribution in [0.4, 0.5) is 0 Å². The van der Waals surface area contributed by atoms with Crippen LogP contribution in [0.15, 0.2) is 48.5 Å². The van der Waals surface area contributed by atoms with Gasteiger partial charge in [0.15, 0.2) is 0 Å². The molecule has 0 bridgehead atoms. The van der Waals surface area contributed by atoms with E-state index in [-0.39, 0.29) is 5.75 Å². The van der Waals surface area contributed by atoms with Crippen molar-refractivity contribution in [1.29, 1.82) is 5.26 Å². The van der Waals surface area contributed by atoms with Crippen molar-refractivity contribution in [1.82, 2.24) is 0 Å². The molecular weight excluding hydrogens is 226 g/mol. The number of aromatic hydroxyl groups is 1. The smallest absolute Gasteiger partial charge is 0.115 e. The molecular formula is C15H13NO2. The first-order chi connectivity index (χ1) is 8.69. The lowest BCUT2D eigenvalue weighted by molar-refractivity contribution is 0.178. The number of aliphatic hydroxyl groups is 1. The Kier molecular flexibility index (Phi) is 3.61. The number of hydrogen-bond donors (Lipinski definition) is 2. The Morgan fingerprint density at radius 2 is 1.61 bits per heavy atom. The number of nitriles is 1. The summed E-state index contributed by atoms with van der Waals surface area (Å²) in [5, 5.41) is 27.9. The van der Waals surface area contributed by atoms with Gasteiger partial charge in [0, 0.05) is 6.42 Å². The molecule has 2 aromatic carbocycles. The van der Waals surface area contributed by atoms with Gasteiger partial charge in [-0.3, -0.25) is 0 Å². The Hall–Kier alpha value is -2.31. The summed E-state index contributed by atoms with van der Waals surface area (Å²) in [6.45, 7) is 0. The molecule has 1 unspecified atom stereocenters. The van der Waals surface area contributed by atoms with Crippen molar-refractivity contribution in [3.63, 3.8) is 0 Å². The van der Waals surface area contributed by atoms with E-state index in [4.69, 9.17) is 5.26 Å². The van der Waals surface area contributed by atoms with Crippen molar-refractivity contribution in [3.05, 3.63) is 65.2 Å². The number of nitrogens with zero attached hydrogens (tertiary/aromatic N) is 1. The Balaban J connectivity index is 2.09. The van der Waals surface area contributed by atoms with Gasteiger partial charge in [0.1, 0.15) is 5.75 Å². The zero-order valence-corrected chi connectivity index (χ0v) is 9.74. The highest BCUT2D eigenvalue weighted by Gasteiger charge is 2.08. The van der Waals surface area contributed by atoms with Gasteiger partial charge in [-0.2, -0.15) is 5.26 Å². The second-order valence-electron chi connectivity index (χ2n) is 4.12. The maximum atomic E-state index is 10.1. The zero-order chi connectivity index (χ0) is 13.0. The average Bonchev–Trinajstić information content (AvgIpc) is 2.41. The van der Waals surface area contributed by atoms with E-state index in [9.17, 15) is 10.2 Å². The van der Waals surface area contributed by atoms with Crippen molar-refractivity contribution in [2.24, 2.45) is 0 Å². The van der Waals surface area contributed by atoms with Crippen LogP contribution in [0.1, 0.15) is 22.8 Å². The van der Waals surface area contributed by atoms with Gasteiger partial charge in [0.05, 0.1) is 17.7 Å². The van der Waals surface area contributed by atoms with E-state index in [0.717, 1.165) is 11.1 Å². The summed E-state index contributed by atoms with van der Waals surface area (Å²) in [6, 6.07) is 15.7. The molecule has 3 nitrogen and oxygen atoms in total. The van der Waals surface area contributed by atoms with E-state index in [1.807, 2.05) is 6.07 Å². The fourth-order valence-corrected chi connectivity index (χ4v) is 1.75. The lowest BCUT2D eigenvalue weighted by Gasteiger charge is -2.11. The van der Waals surface area contributed by atoms with Crippen molar-refractivity contribution in [3.8, 4) is 11.8 Å². The quantitative estimate of drug-likeness (QED) is 0.865. The molecule has 2 N–H and O–H groups in total. The van der Waals surface area contributed by atoms with Gasteiger partial charge in [0.2, 0.25) is 0 Å². The van der Waals surface area contributed by atoms with Crippen molar-refractivity contribution in [2.45, 2.75) is 12.5 Å². The minimum atomic E-state index is -0.609. The number of aliphatic hydroxyl groups excluding tert-OH is 1. The third-order valence-electron chi connectivity index (χ3n) is 2.79. The van der Waals surface area contributed by atoms with Gasteiger partial charge in [-0.1, -0.05) is 24.3 Å². The van der Waals surface area contributed by atoms with E-state index < -0.39 is 6.10 Å². The monoisotopic (exact) mass is 239 g/mol. The molecule has 0 saturated heterocycles. The molecule has 2 aromatic rings. The zero-order valence-electron chi connectivity index (χ0n) is 9.74. The van der Waals surface area contributed by atoms with Crippen molar-refractivity contribution >= 4 is 0 Å². The molecule has 18 heavy (non-hydrogen) atoms. The molecule has 1 atom stereocenters. The Morgan fingerprint density at radius 3 is 2.17 bits per heavy atom. The fourth-order valence-electron chi connectivity index (χ4n) is 1.75. The highest BCUT2D eigenvalue weighted by Crippen LogP contribution is 2.20. The summed E-state index contributed by atoms with van der Waals surface area (Å²) in [5.74, 6) is 0.214. The SMILES string of the molecule is N#Cc1ccc(C(O)Cc2ccc(O)cc2)cc1. The van der Waals surface area contributed by atoms with E-state index in [1.165, 1.54) is 0 Å². The predicted octanol–water partition coefficient (Wildman–Crippen LogP) is 2.54. The van der Waals surface area contributed by atoms with Gasteiger partial charge in [0.25, 0.3) is 0 Å². The largest absolute Gasteiger partial charge is 0.508 e. The minimum Gasteiger partial charge on any atom is -0.508 e. The first-order valence-corrected chi connectivity index (χ1v) is 5.65. The topological polar surface area (TPSA) is 64.2 Å². The molecule has 0 aliphatic carbocycles. The normalized spacial score (nSPS) is 11.8. The summed E-state index contributed by atoms with van der Waals surface area (Å²) in [7, 11) is 0. The lowest BCUT2D eigenvalue weighted by Crippen LogP contribution is -2.01. The van der Waals surface area contributed by atoms with Gasteiger partial charge >= 0.3 is 0 Å². The van der Waals surface area contributed by atoms with Crippen LogP contribution in [-0.2, 0) is 6.42 Å². The van der Waals surface area contributed by atoms with E-state index in [1.54, 1.807) is 48.5 Å². The number of hydrogen-bond acceptors (Lipinski definition) is 3. The van der Waals surface area contributed by atoms with Crippen LogP contribution in [-0.4, -0.2) is 10.2 Å². The van der Waals surface area contributed by atoms with Crippen LogP contribution < -0.4 is 0 Å². The fraction of sp³-hybridized carbons (Fsp3) is 0.133. The molecule has 90 valence electrons. The van der Waals surface area contributed by atoms with Gasteiger partial charge < -0.3 is 10.2 Å². The lowest BCUT2D eigenvalue weighted by atomic mass is 10.0. The Labute approximate surface area is 106 Å². The highest BCUT2D eigenvalue weighted by atomic mass is 16.3. The maximum Gasteiger partial charge on any atom is 0.115 e. The molecule has 0 amide bonds. The predicted molar refractivity (Wildman–Crippen MR) is 67.9 cm³/mol. The van der Waals surface area contributed by atoms with E-state index >= 15 is 0 Å². The average molecular weight is 239 g/mol. The second kappa shape index (κ2) is 5.35. The molecule has 0 aliphatic rings. The summed E-state index contributed by atoms with van der Waals surface area (Å²) in [6.07, 6.45) is -0.131. The van der Waals surface area contributed by atoms with Crippen LogP contribution >= 0.6 is 0 Å². The third-order valence-corrected chi connectivity index (χ3v) is 2.79. The highest BCUT2D eigenvalue weighted by molar-refractivity contribution is 5.33. The Morgan fingerprint density at radius 1 is 1.00 bits per heavy atom. The maximum absolute atomic E-state index is 10.1. The van der Waals surface area contributed by atoms with Crippen LogP contribution in [0.2, 0.25) is 0 Å². The van der Waals surface area contributed by atoms with Crippen molar-refractivity contribution in [2.75, 3.05) is 0 Å². The second-order valence-corrected chi connectivity index (χ2v) is 4.12. The van der Waals surface area contributed by atoms with E-state index in [0.29, 0.717) is 12.0 Å². The van der Waals surface area contributed by atoms with Gasteiger partial charge in [-0.15, -0.1) is 0 Å². The summed E-state index contributed by atoms with van der Waals surface area (Å²) in [5.41, 5.74) is 2.31. The molecule has 0 radical (unpaired) electrons. The van der Waals surface area contributed by atoms with Gasteiger partial charge in [-0.25, -0.2) is 0 Å². The molecule has 2 rings (SSSR count). The number of benzene rings is 2. The minimum absolute atomic E-state index is 0.214. The summed E-state index contributed by atoms with van der Waals surface area (Å²) >= 11 is 0. The number of phenols is 1. The first kappa shape index (κ1) is 12.2. The molecule has 0 aromatic heterocycles. The molecule has 3 heteroatoms. The molecule has 0 aliphatic heterocycles. The van der Waals surface area contributed by atoms with Crippen molar-refractivity contribution < 1.29 is 10.2 Å².